The smallest absolute Gasteiger partial charge is 0.407 e. The first-order valence-electron chi connectivity index (χ1n) is 8.95. The van der Waals surface area contributed by atoms with Gasteiger partial charge in [0.15, 0.2) is 0 Å². The van der Waals surface area contributed by atoms with Gasteiger partial charge in [-0.05, 0) is 61.7 Å². The Labute approximate surface area is 164 Å². The highest BCUT2D eigenvalue weighted by atomic mass is 79.9. The molecule has 1 unspecified atom stereocenters. The Balaban J connectivity index is 1.64. The van der Waals surface area contributed by atoms with Crippen LogP contribution in [0.2, 0.25) is 0 Å². The van der Waals surface area contributed by atoms with Crippen molar-refractivity contribution in [3.05, 3.63) is 22.7 Å². The van der Waals surface area contributed by atoms with Crippen molar-refractivity contribution in [2.45, 2.75) is 45.3 Å². The highest BCUT2D eigenvalue weighted by Gasteiger charge is 2.25. The van der Waals surface area contributed by atoms with Crippen LogP contribution in [-0.4, -0.2) is 56.0 Å². The second kappa shape index (κ2) is 9.46. The maximum absolute atomic E-state index is 11.8. The molecule has 1 aromatic rings. The number of halogens is 1. The summed E-state index contributed by atoms with van der Waals surface area (Å²) in [5, 5.41) is 2.95. The minimum absolute atomic E-state index is 0.154. The Morgan fingerprint density at radius 3 is 2.85 bits per heavy atom. The molecule has 0 saturated carbocycles. The second-order valence-corrected chi connectivity index (χ2v) is 8.29. The molecule has 6 nitrogen and oxygen atoms in total. The zero-order chi connectivity index (χ0) is 19.2. The largest absolute Gasteiger partial charge is 0.495 e. The molecule has 1 N–H and O–H groups in total. The van der Waals surface area contributed by atoms with E-state index in [1.165, 1.54) is 0 Å². The number of alkyl carbamates (subject to hydrolysis) is 1. The molecule has 7 heteroatoms. The number of hydrogen-bond donors (Lipinski definition) is 1. The molecule has 1 saturated heterocycles. The number of carbonyl (C=O) groups excluding carboxylic acids is 1. The van der Waals surface area contributed by atoms with Crippen LogP contribution in [0.5, 0.6) is 11.5 Å². The summed E-state index contributed by atoms with van der Waals surface area (Å²) in [5.41, 5.74) is -0.463. The quantitative estimate of drug-likeness (QED) is 0.668. The van der Waals surface area contributed by atoms with Crippen LogP contribution in [-0.2, 0) is 4.74 Å². The SMILES string of the molecule is COc1cc(OCCCN2CCC(NC(=O)OC(C)(C)C)C2)ccc1Br. The number of methoxy groups -OCH3 is 1. The number of nitrogens with one attached hydrogen (secondary N) is 1. The minimum atomic E-state index is -0.463. The average Bonchev–Trinajstić information content (AvgIpc) is 2.98. The molecule has 0 spiro atoms. The predicted octanol–water partition coefficient (Wildman–Crippen LogP) is 3.83. The summed E-state index contributed by atoms with van der Waals surface area (Å²) in [4.78, 5) is 14.2. The lowest BCUT2D eigenvalue weighted by Crippen LogP contribution is -2.40. The maximum atomic E-state index is 11.8. The molecule has 1 aromatic carbocycles. The van der Waals surface area contributed by atoms with Gasteiger partial charge in [-0.15, -0.1) is 0 Å². The van der Waals surface area contributed by atoms with Crippen LogP contribution >= 0.6 is 15.9 Å². The van der Waals surface area contributed by atoms with Crippen molar-refractivity contribution in [2.24, 2.45) is 0 Å². The second-order valence-electron chi connectivity index (χ2n) is 7.43. The third kappa shape index (κ3) is 7.03. The number of ether oxygens (including phenoxy) is 3. The highest BCUT2D eigenvalue weighted by molar-refractivity contribution is 9.10. The van der Waals surface area contributed by atoms with Gasteiger partial charge in [0.2, 0.25) is 0 Å². The third-order valence-electron chi connectivity index (χ3n) is 4.00. The van der Waals surface area contributed by atoms with Crippen molar-refractivity contribution in [1.29, 1.82) is 0 Å². The predicted molar refractivity (Wildman–Crippen MR) is 105 cm³/mol. The number of amides is 1. The van der Waals surface area contributed by atoms with Crippen molar-refractivity contribution >= 4 is 22.0 Å². The minimum Gasteiger partial charge on any atom is -0.495 e. The summed E-state index contributed by atoms with van der Waals surface area (Å²) in [5.74, 6) is 1.56. The Bertz CT molecular complexity index is 604. The molecule has 1 aliphatic rings. The molecule has 1 fully saturated rings. The number of nitrogens with zero attached hydrogens (tertiary/aromatic N) is 1. The zero-order valence-corrected chi connectivity index (χ0v) is 17.6. The molecule has 0 bridgehead atoms. The van der Waals surface area contributed by atoms with Crippen molar-refractivity contribution < 1.29 is 19.0 Å². The van der Waals surface area contributed by atoms with Gasteiger partial charge in [-0.25, -0.2) is 4.79 Å². The van der Waals surface area contributed by atoms with Crippen LogP contribution in [0.25, 0.3) is 0 Å². The lowest BCUT2D eigenvalue weighted by molar-refractivity contribution is 0.0505. The molecular formula is C19H29BrN2O4. The molecule has 0 aromatic heterocycles. The third-order valence-corrected chi connectivity index (χ3v) is 4.66. The summed E-state index contributed by atoms with van der Waals surface area (Å²) >= 11 is 3.43. The standard InChI is InChI=1S/C19H29BrN2O4/c1-19(2,3)26-18(23)21-14-8-10-22(13-14)9-5-11-25-15-6-7-16(20)17(12-15)24-4/h6-7,12,14H,5,8-11,13H2,1-4H3,(H,21,23). The van der Waals surface area contributed by atoms with Gasteiger partial charge in [0.25, 0.3) is 0 Å². The van der Waals surface area contributed by atoms with Gasteiger partial charge < -0.3 is 24.4 Å². The van der Waals surface area contributed by atoms with Gasteiger partial charge in [0, 0.05) is 31.7 Å². The van der Waals surface area contributed by atoms with Crippen LogP contribution < -0.4 is 14.8 Å². The summed E-state index contributed by atoms with van der Waals surface area (Å²) in [6.07, 6.45) is 1.54. The molecule has 146 valence electrons. The maximum Gasteiger partial charge on any atom is 0.407 e. The van der Waals surface area contributed by atoms with Gasteiger partial charge in [-0.1, -0.05) is 0 Å². The fourth-order valence-electron chi connectivity index (χ4n) is 2.84. The Morgan fingerprint density at radius 2 is 2.15 bits per heavy atom. The first-order chi connectivity index (χ1) is 12.3. The van der Waals surface area contributed by atoms with Crippen LogP contribution in [0, 0.1) is 0 Å². The molecule has 2 rings (SSSR count). The van der Waals surface area contributed by atoms with E-state index >= 15 is 0 Å². The molecular weight excluding hydrogens is 400 g/mol. The summed E-state index contributed by atoms with van der Waals surface area (Å²) in [6.45, 7) is 9.03. The molecule has 26 heavy (non-hydrogen) atoms. The molecule has 1 aliphatic heterocycles. The first kappa shape index (κ1) is 20.8. The lowest BCUT2D eigenvalue weighted by Gasteiger charge is -2.22. The first-order valence-corrected chi connectivity index (χ1v) is 9.74. The zero-order valence-electron chi connectivity index (χ0n) is 16.0. The highest BCUT2D eigenvalue weighted by Crippen LogP contribution is 2.29. The van der Waals surface area contributed by atoms with E-state index < -0.39 is 5.60 Å². The van der Waals surface area contributed by atoms with Crippen molar-refractivity contribution in [3.8, 4) is 11.5 Å². The van der Waals surface area contributed by atoms with Crippen LogP contribution in [0.15, 0.2) is 22.7 Å². The van der Waals surface area contributed by atoms with Crippen molar-refractivity contribution in [3.63, 3.8) is 0 Å². The average molecular weight is 429 g/mol. The van der Waals surface area contributed by atoms with Gasteiger partial charge in [-0.3, -0.25) is 0 Å². The van der Waals surface area contributed by atoms with Gasteiger partial charge >= 0.3 is 6.09 Å². The number of benzene rings is 1. The molecule has 1 amide bonds. The Kier molecular flexibility index (Phi) is 7.58. The summed E-state index contributed by atoms with van der Waals surface area (Å²) in [6, 6.07) is 5.87. The Morgan fingerprint density at radius 1 is 1.38 bits per heavy atom. The topological polar surface area (TPSA) is 60.0 Å². The number of likely N-dealkylation sites (tertiary alicyclic amines) is 1. The summed E-state index contributed by atoms with van der Waals surface area (Å²) in [7, 11) is 1.64. The van der Waals surface area contributed by atoms with Crippen molar-refractivity contribution in [2.75, 3.05) is 33.4 Å². The monoisotopic (exact) mass is 428 g/mol. The van der Waals surface area contributed by atoms with E-state index in [9.17, 15) is 4.79 Å². The van der Waals surface area contributed by atoms with E-state index in [0.29, 0.717) is 6.61 Å². The fraction of sp³-hybridized carbons (Fsp3) is 0.632. The van der Waals surface area contributed by atoms with Crippen LogP contribution in [0.4, 0.5) is 4.79 Å². The van der Waals surface area contributed by atoms with E-state index in [-0.39, 0.29) is 12.1 Å². The molecule has 0 aliphatic carbocycles. The number of carbonyl (C=O) groups is 1. The van der Waals surface area contributed by atoms with Gasteiger partial charge in [0.05, 0.1) is 18.2 Å². The lowest BCUT2D eigenvalue weighted by atomic mass is 10.2. The van der Waals surface area contributed by atoms with E-state index in [1.54, 1.807) is 7.11 Å². The fourth-order valence-corrected chi connectivity index (χ4v) is 3.24. The molecule has 0 radical (unpaired) electrons. The summed E-state index contributed by atoms with van der Waals surface area (Å²) < 4.78 is 17.3. The Hall–Kier alpha value is -1.47. The van der Waals surface area contributed by atoms with E-state index in [0.717, 1.165) is 48.4 Å². The van der Waals surface area contributed by atoms with Crippen molar-refractivity contribution in [1.82, 2.24) is 10.2 Å². The molecule has 1 atom stereocenters. The number of rotatable bonds is 7. The van der Waals surface area contributed by atoms with Gasteiger partial charge in [0.1, 0.15) is 17.1 Å². The van der Waals surface area contributed by atoms with E-state index in [2.05, 4.69) is 26.1 Å². The molecule has 1 heterocycles. The van der Waals surface area contributed by atoms with Gasteiger partial charge in [-0.2, -0.15) is 0 Å². The van der Waals surface area contributed by atoms with Crippen LogP contribution in [0.1, 0.15) is 33.6 Å². The normalized spacial score (nSPS) is 17.8. The van der Waals surface area contributed by atoms with E-state index in [1.807, 2.05) is 39.0 Å². The van der Waals surface area contributed by atoms with Crippen LogP contribution in [0.3, 0.4) is 0 Å². The number of hydrogen-bond acceptors (Lipinski definition) is 5. The van der Waals surface area contributed by atoms with E-state index in [4.69, 9.17) is 14.2 Å².